The van der Waals surface area contributed by atoms with Crippen molar-refractivity contribution in [3.8, 4) is 0 Å². The number of hydrogen-bond acceptors (Lipinski definition) is 1. The lowest BCUT2D eigenvalue weighted by Gasteiger charge is -2.26. The monoisotopic (exact) mass is 295 g/mol. The smallest absolute Gasteiger partial charge is 0.251 e. The lowest BCUT2D eigenvalue weighted by molar-refractivity contribution is -0.114. The van der Waals surface area contributed by atoms with Crippen LogP contribution in [0.25, 0.3) is 0 Å². The van der Waals surface area contributed by atoms with Crippen LogP contribution in [-0.2, 0) is 4.79 Å². The van der Waals surface area contributed by atoms with Crippen molar-refractivity contribution in [3.63, 3.8) is 0 Å². The first kappa shape index (κ1) is 14.0. The van der Waals surface area contributed by atoms with Gasteiger partial charge in [0.05, 0.1) is 0 Å². The number of carbonyl (C=O) groups excluding carboxylic acids is 1. The van der Waals surface area contributed by atoms with Gasteiger partial charge in [-0.05, 0) is 52.0 Å². The summed E-state index contributed by atoms with van der Waals surface area (Å²) in [5.41, 5.74) is 1.93. The molecule has 92 valence electrons. The average molecular weight is 296 g/mol. The number of nitrogens with zero attached hydrogens (tertiary/aromatic N) is 1. The fourth-order valence-electron chi connectivity index (χ4n) is 1.60. The average Bonchev–Trinajstić information content (AvgIpc) is 2.19. The summed E-state index contributed by atoms with van der Waals surface area (Å²) >= 11 is 3.39. The van der Waals surface area contributed by atoms with Gasteiger partial charge in [0.2, 0.25) is 0 Å². The van der Waals surface area contributed by atoms with Gasteiger partial charge < -0.3 is 4.90 Å². The number of benzene rings is 1. The summed E-state index contributed by atoms with van der Waals surface area (Å²) in [6, 6.07) is 7.92. The quantitative estimate of drug-likeness (QED) is 0.767. The summed E-state index contributed by atoms with van der Waals surface area (Å²) < 4.78 is 1.01. The first-order chi connectivity index (χ1) is 7.91. The fourth-order valence-corrected chi connectivity index (χ4v) is 1.86. The molecule has 17 heavy (non-hydrogen) atoms. The number of hydrogen-bond donors (Lipinski definition) is 0. The summed E-state index contributed by atoms with van der Waals surface area (Å²) in [5.74, 6) is 0.0299. The summed E-state index contributed by atoms with van der Waals surface area (Å²) in [6.07, 6.45) is 1.67. The Morgan fingerprint density at radius 2 is 1.76 bits per heavy atom. The van der Waals surface area contributed by atoms with E-state index in [2.05, 4.69) is 15.9 Å². The highest BCUT2D eigenvalue weighted by Gasteiger charge is 2.16. The molecule has 0 heterocycles. The molecular weight excluding hydrogens is 278 g/mol. The van der Waals surface area contributed by atoms with Gasteiger partial charge in [-0.25, -0.2) is 0 Å². The van der Waals surface area contributed by atoms with Gasteiger partial charge >= 0.3 is 0 Å². The zero-order valence-electron chi connectivity index (χ0n) is 10.7. The second-order valence-corrected chi connectivity index (χ2v) is 5.42. The van der Waals surface area contributed by atoms with Crippen LogP contribution < -0.4 is 4.90 Å². The van der Waals surface area contributed by atoms with E-state index in [9.17, 15) is 4.79 Å². The summed E-state index contributed by atoms with van der Waals surface area (Å²) in [4.78, 5) is 13.9. The molecule has 0 fully saturated rings. The van der Waals surface area contributed by atoms with E-state index in [1.54, 1.807) is 11.0 Å². The van der Waals surface area contributed by atoms with Gasteiger partial charge in [0.1, 0.15) is 0 Å². The van der Waals surface area contributed by atoms with Crippen molar-refractivity contribution in [2.24, 2.45) is 0 Å². The Morgan fingerprint density at radius 3 is 2.18 bits per heavy atom. The standard InChI is InChI=1S/C14H18BrNO/c1-10(2)9-14(17)16(11(3)4)13-7-5-12(15)6-8-13/h5-9,11H,1-4H3. The van der Waals surface area contributed by atoms with Crippen molar-refractivity contribution in [2.75, 3.05) is 4.90 Å². The van der Waals surface area contributed by atoms with E-state index in [4.69, 9.17) is 0 Å². The van der Waals surface area contributed by atoms with Crippen molar-refractivity contribution in [1.82, 2.24) is 0 Å². The topological polar surface area (TPSA) is 20.3 Å². The highest BCUT2D eigenvalue weighted by atomic mass is 79.9. The minimum Gasteiger partial charge on any atom is -0.306 e. The van der Waals surface area contributed by atoms with E-state index in [-0.39, 0.29) is 11.9 Å². The maximum Gasteiger partial charge on any atom is 0.251 e. The van der Waals surface area contributed by atoms with Gasteiger partial charge in [-0.15, -0.1) is 0 Å². The minimum absolute atomic E-state index is 0.0299. The van der Waals surface area contributed by atoms with Gasteiger partial charge in [-0.1, -0.05) is 21.5 Å². The number of halogens is 1. The van der Waals surface area contributed by atoms with Gasteiger partial charge in [0, 0.05) is 22.3 Å². The van der Waals surface area contributed by atoms with E-state index in [0.29, 0.717) is 0 Å². The predicted octanol–water partition coefficient (Wildman–Crippen LogP) is 4.16. The lowest BCUT2D eigenvalue weighted by Crippen LogP contribution is -2.35. The van der Waals surface area contributed by atoms with E-state index in [1.165, 1.54) is 0 Å². The highest BCUT2D eigenvalue weighted by Crippen LogP contribution is 2.21. The van der Waals surface area contributed by atoms with Crippen molar-refractivity contribution in [1.29, 1.82) is 0 Å². The number of allylic oxidation sites excluding steroid dienone is 1. The number of anilines is 1. The molecule has 1 amide bonds. The van der Waals surface area contributed by atoms with Crippen LogP contribution in [0.4, 0.5) is 5.69 Å². The fraction of sp³-hybridized carbons (Fsp3) is 0.357. The molecule has 0 N–H and O–H groups in total. The number of carbonyl (C=O) groups is 1. The van der Waals surface area contributed by atoms with Crippen molar-refractivity contribution in [2.45, 2.75) is 33.7 Å². The predicted molar refractivity (Wildman–Crippen MR) is 76.2 cm³/mol. The van der Waals surface area contributed by atoms with Crippen LogP contribution in [-0.4, -0.2) is 11.9 Å². The van der Waals surface area contributed by atoms with Gasteiger partial charge in [0.25, 0.3) is 5.91 Å². The zero-order chi connectivity index (χ0) is 13.0. The van der Waals surface area contributed by atoms with Crippen LogP contribution in [0, 0.1) is 0 Å². The maximum absolute atomic E-state index is 12.1. The molecule has 0 aromatic heterocycles. The summed E-state index contributed by atoms with van der Waals surface area (Å²) in [5, 5.41) is 0. The molecular formula is C14H18BrNO. The lowest BCUT2D eigenvalue weighted by atomic mass is 10.2. The zero-order valence-corrected chi connectivity index (χ0v) is 12.3. The first-order valence-corrected chi connectivity index (χ1v) is 6.44. The highest BCUT2D eigenvalue weighted by molar-refractivity contribution is 9.10. The van der Waals surface area contributed by atoms with Crippen LogP contribution in [0.15, 0.2) is 40.4 Å². The van der Waals surface area contributed by atoms with Crippen LogP contribution >= 0.6 is 15.9 Å². The molecule has 2 nitrogen and oxygen atoms in total. The second-order valence-electron chi connectivity index (χ2n) is 4.50. The molecule has 0 aliphatic rings. The molecule has 0 spiro atoms. The molecule has 0 saturated carbocycles. The first-order valence-electron chi connectivity index (χ1n) is 5.65. The molecule has 3 heteroatoms. The molecule has 0 bridgehead atoms. The van der Waals surface area contributed by atoms with Crippen molar-refractivity contribution in [3.05, 3.63) is 40.4 Å². The Labute approximate surface area is 111 Å². The molecule has 1 aromatic carbocycles. The normalized spacial score (nSPS) is 10.2. The van der Waals surface area contributed by atoms with E-state index < -0.39 is 0 Å². The third kappa shape index (κ3) is 4.00. The molecule has 0 aliphatic carbocycles. The van der Waals surface area contributed by atoms with Gasteiger partial charge in [-0.3, -0.25) is 4.79 Å². The van der Waals surface area contributed by atoms with Crippen LogP contribution in [0.5, 0.6) is 0 Å². The van der Waals surface area contributed by atoms with Crippen LogP contribution in [0.3, 0.4) is 0 Å². The second kappa shape index (κ2) is 6.01. The minimum atomic E-state index is 0.0299. The van der Waals surface area contributed by atoms with E-state index in [0.717, 1.165) is 15.7 Å². The Morgan fingerprint density at radius 1 is 1.24 bits per heavy atom. The summed E-state index contributed by atoms with van der Waals surface area (Å²) in [6.45, 7) is 7.88. The molecule has 1 aromatic rings. The molecule has 0 aliphatic heterocycles. The van der Waals surface area contributed by atoms with Crippen molar-refractivity contribution >= 4 is 27.5 Å². The SMILES string of the molecule is CC(C)=CC(=O)N(c1ccc(Br)cc1)C(C)C. The Hall–Kier alpha value is -1.09. The molecule has 0 unspecified atom stereocenters. The largest absolute Gasteiger partial charge is 0.306 e. The Balaban J connectivity index is 3.05. The van der Waals surface area contributed by atoms with E-state index >= 15 is 0 Å². The number of rotatable bonds is 3. The maximum atomic E-state index is 12.1. The Kier molecular flexibility index (Phi) is 4.94. The van der Waals surface area contributed by atoms with Crippen molar-refractivity contribution < 1.29 is 4.79 Å². The van der Waals surface area contributed by atoms with Crippen LogP contribution in [0.1, 0.15) is 27.7 Å². The summed E-state index contributed by atoms with van der Waals surface area (Å²) in [7, 11) is 0. The van der Waals surface area contributed by atoms with Gasteiger partial charge in [-0.2, -0.15) is 0 Å². The Bertz CT molecular complexity index is 416. The van der Waals surface area contributed by atoms with E-state index in [1.807, 2.05) is 52.0 Å². The molecule has 1 rings (SSSR count). The number of amides is 1. The molecule has 0 radical (unpaired) electrons. The third-order valence-electron chi connectivity index (χ3n) is 2.27. The molecule has 0 atom stereocenters. The van der Waals surface area contributed by atoms with Crippen LogP contribution in [0.2, 0.25) is 0 Å². The molecule has 0 saturated heterocycles. The third-order valence-corrected chi connectivity index (χ3v) is 2.80. The van der Waals surface area contributed by atoms with Gasteiger partial charge in [0.15, 0.2) is 0 Å².